The summed E-state index contributed by atoms with van der Waals surface area (Å²) in [6.45, 7) is 1.88. The highest BCUT2D eigenvalue weighted by molar-refractivity contribution is 7.89. The summed E-state index contributed by atoms with van der Waals surface area (Å²) in [7, 11) is -3.76. The van der Waals surface area contributed by atoms with Crippen molar-refractivity contribution in [2.24, 2.45) is 0 Å². The number of anilines is 1. The molecule has 136 valence electrons. The summed E-state index contributed by atoms with van der Waals surface area (Å²) in [6.07, 6.45) is 3.85. The monoisotopic (exact) mass is 375 g/mol. The number of benzene rings is 1. The van der Waals surface area contributed by atoms with E-state index in [0.29, 0.717) is 22.7 Å². The molecule has 1 aliphatic heterocycles. The van der Waals surface area contributed by atoms with Gasteiger partial charge in [-0.15, -0.1) is 0 Å². The molecule has 10 heteroatoms. The molecule has 0 spiro atoms. The predicted molar refractivity (Wildman–Crippen MR) is 94.3 cm³/mol. The molecule has 1 aliphatic rings. The summed E-state index contributed by atoms with van der Waals surface area (Å²) < 4.78 is 32.4. The molecule has 2 aromatic heterocycles. The van der Waals surface area contributed by atoms with E-state index in [4.69, 9.17) is 4.42 Å². The molecule has 0 bridgehead atoms. The van der Waals surface area contributed by atoms with E-state index in [9.17, 15) is 13.2 Å². The molecule has 0 amide bonds. The van der Waals surface area contributed by atoms with E-state index in [2.05, 4.69) is 24.6 Å². The van der Waals surface area contributed by atoms with Crippen LogP contribution in [0.3, 0.4) is 0 Å². The zero-order valence-electron chi connectivity index (χ0n) is 13.8. The third-order valence-corrected chi connectivity index (χ3v) is 5.63. The average molecular weight is 375 g/mol. The Balaban J connectivity index is 1.52. The molecule has 0 saturated carbocycles. The van der Waals surface area contributed by atoms with Gasteiger partial charge in [-0.3, -0.25) is 4.98 Å². The summed E-state index contributed by atoms with van der Waals surface area (Å²) in [6, 6.07) is 5.87. The molecule has 26 heavy (non-hydrogen) atoms. The van der Waals surface area contributed by atoms with Gasteiger partial charge < -0.3 is 9.32 Å². The maximum Gasteiger partial charge on any atom is 0.417 e. The molecule has 3 aromatic rings. The molecule has 0 radical (unpaired) electrons. The van der Waals surface area contributed by atoms with Gasteiger partial charge in [0.15, 0.2) is 5.58 Å². The van der Waals surface area contributed by atoms with Gasteiger partial charge in [0.25, 0.3) is 0 Å². The maximum absolute atomic E-state index is 12.5. The van der Waals surface area contributed by atoms with Crippen LogP contribution in [0.4, 0.5) is 5.95 Å². The number of rotatable bonds is 5. The molecule has 0 atom stereocenters. The van der Waals surface area contributed by atoms with Crippen molar-refractivity contribution >= 4 is 27.1 Å². The quantitative estimate of drug-likeness (QED) is 0.682. The summed E-state index contributed by atoms with van der Waals surface area (Å²) in [5, 5.41) is 0. The van der Waals surface area contributed by atoms with Gasteiger partial charge >= 0.3 is 5.76 Å². The Morgan fingerprint density at radius 1 is 1.23 bits per heavy atom. The van der Waals surface area contributed by atoms with E-state index < -0.39 is 15.8 Å². The van der Waals surface area contributed by atoms with E-state index in [1.807, 2.05) is 0 Å². The lowest BCUT2D eigenvalue weighted by Crippen LogP contribution is -2.25. The SMILES string of the molecule is O=c1[nH]c2cc(S(=O)(=O)NCc3ccnc(N4CCCC4)n3)ccc2o1. The number of nitrogens with zero attached hydrogens (tertiary/aromatic N) is 3. The van der Waals surface area contributed by atoms with Crippen LogP contribution in [0.2, 0.25) is 0 Å². The van der Waals surface area contributed by atoms with Crippen molar-refractivity contribution in [1.82, 2.24) is 19.7 Å². The fourth-order valence-corrected chi connectivity index (χ4v) is 3.93. The standard InChI is InChI=1S/C16H17N5O4S/c22-16-20-13-9-12(3-4-14(13)25-16)26(23,24)18-10-11-5-6-17-15(19-11)21-7-1-2-8-21/h3-6,9,18H,1-2,7-8,10H2,(H,20,22). The first-order valence-corrected chi connectivity index (χ1v) is 9.69. The van der Waals surface area contributed by atoms with Crippen molar-refractivity contribution in [2.75, 3.05) is 18.0 Å². The van der Waals surface area contributed by atoms with E-state index >= 15 is 0 Å². The normalized spacial score (nSPS) is 15.0. The number of nitrogens with one attached hydrogen (secondary N) is 2. The van der Waals surface area contributed by atoms with Crippen LogP contribution in [0.5, 0.6) is 0 Å². The van der Waals surface area contributed by atoms with Gasteiger partial charge in [0.05, 0.1) is 22.7 Å². The first-order chi connectivity index (χ1) is 12.5. The smallest absolute Gasteiger partial charge is 0.408 e. The lowest BCUT2D eigenvalue weighted by Gasteiger charge is -2.15. The Bertz CT molecular complexity index is 1100. The molecule has 0 aliphatic carbocycles. The molecule has 1 saturated heterocycles. The van der Waals surface area contributed by atoms with Gasteiger partial charge in [0, 0.05) is 19.3 Å². The highest BCUT2D eigenvalue weighted by atomic mass is 32.2. The number of oxazole rings is 1. The van der Waals surface area contributed by atoms with E-state index in [1.54, 1.807) is 12.3 Å². The number of hydrogen-bond donors (Lipinski definition) is 2. The van der Waals surface area contributed by atoms with Gasteiger partial charge in [-0.25, -0.2) is 27.9 Å². The van der Waals surface area contributed by atoms with Crippen molar-refractivity contribution in [2.45, 2.75) is 24.3 Å². The average Bonchev–Trinajstić information content (AvgIpc) is 3.28. The molecular formula is C16H17N5O4S. The van der Waals surface area contributed by atoms with Crippen LogP contribution in [-0.4, -0.2) is 36.5 Å². The third kappa shape index (κ3) is 3.33. The highest BCUT2D eigenvalue weighted by Gasteiger charge is 2.18. The second kappa shape index (κ2) is 6.54. The van der Waals surface area contributed by atoms with Crippen LogP contribution in [0, 0.1) is 0 Å². The summed E-state index contributed by atoms with van der Waals surface area (Å²) in [5.74, 6) is -0.00507. The van der Waals surface area contributed by atoms with Crippen molar-refractivity contribution < 1.29 is 12.8 Å². The third-order valence-electron chi connectivity index (χ3n) is 4.23. The van der Waals surface area contributed by atoms with Crippen molar-refractivity contribution in [1.29, 1.82) is 0 Å². The molecule has 1 aromatic carbocycles. The fraction of sp³-hybridized carbons (Fsp3) is 0.312. The van der Waals surface area contributed by atoms with Gasteiger partial charge in [-0.05, 0) is 37.1 Å². The Hall–Kier alpha value is -2.72. The minimum Gasteiger partial charge on any atom is -0.408 e. The van der Waals surface area contributed by atoms with Crippen LogP contribution in [-0.2, 0) is 16.6 Å². The zero-order chi connectivity index (χ0) is 18.1. The van der Waals surface area contributed by atoms with E-state index in [1.165, 1.54) is 18.2 Å². The molecule has 3 heterocycles. The van der Waals surface area contributed by atoms with Crippen molar-refractivity contribution in [3.05, 3.63) is 46.7 Å². The number of H-pyrrole nitrogens is 1. The first-order valence-electron chi connectivity index (χ1n) is 8.21. The van der Waals surface area contributed by atoms with Crippen molar-refractivity contribution in [3.63, 3.8) is 0 Å². The van der Waals surface area contributed by atoms with E-state index in [0.717, 1.165) is 25.9 Å². The molecule has 1 fully saturated rings. The number of aromatic amines is 1. The zero-order valence-corrected chi connectivity index (χ0v) is 14.6. The van der Waals surface area contributed by atoms with Gasteiger partial charge in [0.1, 0.15) is 0 Å². The van der Waals surface area contributed by atoms with Crippen LogP contribution >= 0.6 is 0 Å². The Morgan fingerprint density at radius 2 is 2.04 bits per heavy atom. The largest absolute Gasteiger partial charge is 0.417 e. The van der Waals surface area contributed by atoms with Crippen molar-refractivity contribution in [3.8, 4) is 0 Å². The van der Waals surface area contributed by atoms with Gasteiger partial charge in [0.2, 0.25) is 16.0 Å². The van der Waals surface area contributed by atoms with Crippen LogP contribution in [0.25, 0.3) is 11.1 Å². The summed E-state index contributed by atoms with van der Waals surface area (Å²) in [5.41, 5.74) is 1.22. The molecule has 4 rings (SSSR count). The fourth-order valence-electron chi connectivity index (χ4n) is 2.90. The lowest BCUT2D eigenvalue weighted by atomic mass is 10.3. The maximum atomic E-state index is 12.5. The summed E-state index contributed by atoms with van der Waals surface area (Å²) >= 11 is 0. The van der Waals surface area contributed by atoms with E-state index in [-0.39, 0.29) is 11.4 Å². The van der Waals surface area contributed by atoms with Crippen LogP contribution in [0.1, 0.15) is 18.5 Å². The molecule has 9 nitrogen and oxygen atoms in total. The second-order valence-corrected chi connectivity index (χ2v) is 7.81. The Labute approximate surface area is 149 Å². The Kier molecular flexibility index (Phi) is 4.21. The van der Waals surface area contributed by atoms with Gasteiger partial charge in [-0.1, -0.05) is 0 Å². The minimum absolute atomic E-state index is 0.0378. The molecular weight excluding hydrogens is 358 g/mol. The topological polar surface area (TPSA) is 121 Å². The summed E-state index contributed by atoms with van der Waals surface area (Å²) in [4.78, 5) is 24.4. The Morgan fingerprint density at radius 3 is 2.85 bits per heavy atom. The van der Waals surface area contributed by atoms with Gasteiger partial charge in [-0.2, -0.15) is 0 Å². The number of sulfonamides is 1. The number of aromatic nitrogens is 3. The lowest BCUT2D eigenvalue weighted by molar-refractivity contribution is 0.555. The van der Waals surface area contributed by atoms with Crippen LogP contribution in [0.15, 0.2) is 44.6 Å². The minimum atomic E-state index is -3.76. The van der Waals surface area contributed by atoms with Crippen LogP contribution < -0.4 is 15.4 Å². The predicted octanol–water partition coefficient (Wildman–Crippen LogP) is 0.990. The second-order valence-electron chi connectivity index (χ2n) is 6.04. The first kappa shape index (κ1) is 16.7. The number of hydrogen-bond acceptors (Lipinski definition) is 7. The molecule has 2 N–H and O–H groups in total. The molecule has 0 unspecified atom stereocenters. The highest BCUT2D eigenvalue weighted by Crippen LogP contribution is 2.18. The number of fused-ring (bicyclic) bond motifs is 1.